The number of urea groups is 1. The van der Waals surface area contributed by atoms with Crippen molar-refractivity contribution in [2.45, 2.75) is 50.5 Å². The maximum Gasteiger partial charge on any atom is 0.323 e. The predicted molar refractivity (Wildman–Crippen MR) is 155 cm³/mol. The number of nitrogens with zero attached hydrogens (tertiary/aromatic N) is 3. The average molecular weight is 606 g/mol. The Morgan fingerprint density at radius 1 is 1.29 bits per heavy atom. The van der Waals surface area contributed by atoms with Gasteiger partial charge in [-0.25, -0.2) is 13.2 Å². The molecule has 0 spiro atoms. The van der Waals surface area contributed by atoms with E-state index in [-0.39, 0.29) is 42.2 Å². The fraction of sp³-hybridized carbons (Fsp3) is 0.444. The lowest BCUT2D eigenvalue weighted by Gasteiger charge is -2.33. The monoisotopic (exact) mass is 605 g/mol. The minimum atomic E-state index is -3.73. The number of amides is 3. The molecule has 222 valence electrons. The van der Waals surface area contributed by atoms with E-state index in [0.717, 1.165) is 11.3 Å². The van der Waals surface area contributed by atoms with E-state index >= 15 is 0 Å². The summed E-state index contributed by atoms with van der Waals surface area (Å²) in [6.07, 6.45) is -0.655. The summed E-state index contributed by atoms with van der Waals surface area (Å²) in [6.45, 7) is 7.11. The number of fused-ring (bicyclic) bond motifs is 1. The third kappa shape index (κ3) is 6.89. The number of likely N-dealkylation sites (N-methyl/N-ethyl adjacent to an activating group) is 1. The molecule has 3 atom stereocenters. The van der Waals surface area contributed by atoms with Crippen LogP contribution in [-0.4, -0.2) is 78.7 Å². The lowest BCUT2D eigenvalue weighted by molar-refractivity contribution is -0.134. The van der Waals surface area contributed by atoms with Gasteiger partial charge in [-0.2, -0.15) is 4.31 Å². The molecule has 1 aliphatic heterocycles. The zero-order valence-electron chi connectivity index (χ0n) is 23.6. The SMILES string of the molecule is Cc1noc(C)c1NC(=O)Nc1ccc2c(c1)CC(=O)N([C@@H](C)CO)C[C@H](C)[C@H](CN(C)S(=O)(=O)c1cccs1)O2. The van der Waals surface area contributed by atoms with E-state index in [0.29, 0.717) is 34.1 Å². The Bertz CT molecular complexity index is 1470. The Kier molecular flexibility index (Phi) is 9.37. The van der Waals surface area contributed by atoms with Crippen molar-refractivity contribution < 1.29 is 32.4 Å². The predicted octanol–water partition coefficient (Wildman–Crippen LogP) is 3.47. The molecule has 0 aliphatic carbocycles. The second kappa shape index (κ2) is 12.6. The van der Waals surface area contributed by atoms with Gasteiger partial charge in [0.25, 0.3) is 10.0 Å². The minimum absolute atomic E-state index is 0.0379. The highest BCUT2D eigenvalue weighted by Gasteiger charge is 2.33. The Balaban J connectivity index is 1.62. The zero-order valence-corrected chi connectivity index (χ0v) is 25.2. The van der Waals surface area contributed by atoms with Gasteiger partial charge in [-0.15, -0.1) is 11.3 Å². The maximum atomic E-state index is 13.4. The van der Waals surface area contributed by atoms with Crippen molar-refractivity contribution in [2.24, 2.45) is 5.92 Å². The van der Waals surface area contributed by atoms with E-state index in [1.54, 1.807) is 61.4 Å². The molecule has 1 aromatic carbocycles. The van der Waals surface area contributed by atoms with Gasteiger partial charge < -0.3 is 29.9 Å². The van der Waals surface area contributed by atoms with Crippen LogP contribution in [0.5, 0.6) is 5.75 Å². The molecule has 0 fully saturated rings. The molecular formula is C27H35N5O7S2. The summed E-state index contributed by atoms with van der Waals surface area (Å²) in [7, 11) is -2.23. The molecule has 3 amide bonds. The highest BCUT2D eigenvalue weighted by molar-refractivity contribution is 7.91. The number of hydrogen-bond donors (Lipinski definition) is 3. The molecule has 3 N–H and O–H groups in total. The molecule has 14 heteroatoms. The van der Waals surface area contributed by atoms with Gasteiger partial charge in [0, 0.05) is 30.8 Å². The van der Waals surface area contributed by atoms with Crippen molar-refractivity contribution in [3.05, 3.63) is 52.7 Å². The Labute approximate surface area is 243 Å². The molecule has 0 saturated carbocycles. The largest absolute Gasteiger partial charge is 0.488 e. The van der Waals surface area contributed by atoms with E-state index in [1.807, 2.05) is 6.92 Å². The first kappa shape index (κ1) is 30.5. The van der Waals surface area contributed by atoms with Crippen LogP contribution in [0.3, 0.4) is 0 Å². The molecule has 3 aromatic rings. The molecule has 4 rings (SSSR count). The second-order valence-electron chi connectivity index (χ2n) is 10.2. The molecule has 3 heterocycles. The van der Waals surface area contributed by atoms with Crippen molar-refractivity contribution in [3.8, 4) is 5.75 Å². The molecule has 1 aliphatic rings. The lowest BCUT2D eigenvalue weighted by atomic mass is 10.0. The molecule has 2 aromatic heterocycles. The molecule has 0 unspecified atom stereocenters. The number of rotatable bonds is 8. The van der Waals surface area contributed by atoms with Crippen LogP contribution < -0.4 is 15.4 Å². The summed E-state index contributed by atoms with van der Waals surface area (Å²) < 4.78 is 39.3. The van der Waals surface area contributed by atoms with Crippen LogP contribution in [0.1, 0.15) is 30.9 Å². The molecule has 12 nitrogen and oxygen atoms in total. The zero-order chi connectivity index (χ0) is 29.9. The third-order valence-electron chi connectivity index (χ3n) is 7.04. The van der Waals surface area contributed by atoms with Gasteiger partial charge in [0.2, 0.25) is 5.91 Å². The van der Waals surface area contributed by atoms with Crippen LogP contribution in [0.4, 0.5) is 16.2 Å². The summed E-state index contributed by atoms with van der Waals surface area (Å²) in [5.41, 5.74) is 1.95. The number of aromatic nitrogens is 1. The van der Waals surface area contributed by atoms with Gasteiger partial charge in [-0.1, -0.05) is 18.1 Å². The number of carbonyl (C=O) groups is 2. The summed E-state index contributed by atoms with van der Waals surface area (Å²) in [6, 6.07) is 7.22. The number of hydrogen-bond acceptors (Lipinski definition) is 9. The topological polar surface area (TPSA) is 154 Å². The molecule has 41 heavy (non-hydrogen) atoms. The average Bonchev–Trinajstić information content (AvgIpc) is 3.59. The van der Waals surface area contributed by atoms with E-state index < -0.39 is 28.2 Å². The second-order valence-corrected chi connectivity index (χ2v) is 13.4. The van der Waals surface area contributed by atoms with Crippen LogP contribution in [-0.2, 0) is 21.2 Å². The quantitative estimate of drug-likeness (QED) is 0.353. The van der Waals surface area contributed by atoms with Crippen molar-refractivity contribution >= 4 is 44.7 Å². The maximum absolute atomic E-state index is 13.4. The smallest absolute Gasteiger partial charge is 0.323 e. The number of sulfonamides is 1. The van der Waals surface area contributed by atoms with Gasteiger partial charge in [-0.3, -0.25) is 4.79 Å². The van der Waals surface area contributed by atoms with Crippen LogP contribution >= 0.6 is 11.3 Å². The van der Waals surface area contributed by atoms with Crippen LogP contribution in [0, 0.1) is 19.8 Å². The van der Waals surface area contributed by atoms with Crippen molar-refractivity contribution in [1.82, 2.24) is 14.4 Å². The number of aliphatic hydroxyl groups is 1. The highest BCUT2D eigenvalue weighted by Crippen LogP contribution is 2.30. The number of thiophene rings is 1. The van der Waals surface area contributed by atoms with Gasteiger partial charge in [0.1, 0.15) is 27.4 Å². The normalized spacial score (nSPS) is 18.6. The third-order valence-corrected chi connectivity index (χ3v) is 10.2. The molecule has 0 bridgehead atoms. The van der Waals surface area contributed by atoms with Crippen LogP contribution in [0.15, 0.2) is 44.4 Å². The first-order chi connectivity index (χ1) is 19.4. The minimum Gasteiger partial charge on any atom is -0.488 e. The molecule has 0 radical (unpaired) electrons. The van der Waals surface area contributed by atoms with Crippen LogP contribution in [0.25, 0.3) is 0 Å². The number of anilines is 2. The molecule has 0 saturated heterocycles. The van der Waals surface area contributed by atoms with E-state index in [2.05, 4.69) is 15.8 Å². The standard InChI is InChI=1S/C27H35N5O7S2/c1-16-13-32(17(2)15-33)24(34)12-20-11-21(28-27(35)29-26-18(3)30-39-19(26)4)8-9-22(20)38-23(16)14-31(5)41(36,37)25-7-6-10-40-25/h6-11,16-17,23,33H,12-15H2,1-5H3,(H2,28,29,35)/t16-,17-,23-/m0/s1. The number of nitrogens with one attached hydrogen (secondary N) is 2. The number of aliphatic hydroxyl groups excluding tert-OH is 1. The van der Waals surface area contributed by atoms with Crippen molar-refractivity contribution in [2.75, 3.05) is 37.4 Å². The highest BCUT2D eigenvalue weighted by atomic mass is 32.2. The van der Waals surface area contributed by atoms with E-state index in [1.165, 1.54) is 11.4 Å². The summed E-state index contributed by atoms with van der Waals surface area (Å²) >= 11 is 1.14. The van der Waals surface area contributed by atoms with Gasteiger partial charge in [-0.05, 0) is 50.4 Å². The van der Waals surface area contributed by atoms with E-state index in [9.17, 15) is 23.1 Å². The van der Waals surface area contributed by atoms with E-state index in [4.69, 9.17) is 9.26 Å². The van der Waals surface area contributed by atoms with Gasteiger partial charge in [0.15, 0.2) is 5.76 Å². The first-order valence-electron chi connectivity index (χ1n) is 13.1. The fourth-order valence-electron chi connectivity index (χ4n) is 4.58. The summed E-state index contributed by atoms with van der Waals surface area (Å²) in [4.78, 5) is 27.7. The number of carbonyl (C=O) groups excluding carboxylic acids is 2. The lowest BCUT2D eigenvalue weighted by Crippen LogP contribution is -2.48. The first-order valence-corrected chi connectivity index (χ1v) is 15.4. The molecular weight excluding hydrogens is 570 g/mol. The number of ether oxygens (including phenoxy) is 1. The summed E-state index contributed by atoms with van der Waals surface area (Å²) in [5, 5.41) is 20.9. The Morgan fingerprint density at radius 3 is 2.68 bits per heavy atom. The van der Waals surface area contributed by atoms with Crippen molar-refractivity contribution in [3.63, 3.8) is 0 Å². The fourth-order valence-corrected chi connectivity index (χ4v) is 6.96. The van der Waals surface area contributed by atoms with Crippen molar-refractivity contribution in [1.29, 1.82) is 0 Å². The number of aryl methyl sites for hydroxylation is 2. The Hall–Kier alpha value is -3.46. The van der Waals surface area contributed by atoms with Gasteiger partial charge in [0.05, 0.1) is 25.6 Å². The Morgan fingerprint density at radius 2 is 2.05 bits per heavy atom. The summed E-state index contributed by atoms with van der Waals surface area (Å²) in [5.74, 6) is 0.377. The van der Waals surface area contributed by atoms with Gasteiger partial charge >= 0.3 is 6.03 Å². The van der Waals surface area contributed by atoms with Crippen LogP contribution in [0.2, 0.25) is 0 Å². The number of benzene rings is 1.